The van der Waals surface area contributed by atoms with Crippen LogP contribution in [0.25, 0.3) is 0 Å². The van der Waals surface area contributed by atoms with Gasteiger partial charge in [0.2, 0.25) is 0 Å². The van der Waals surface area contributed by atoms with Crippen LogP contribution in [0.2, 0.25) is 5.02 Å². The second-order valence-electron chi connectivity index (χ2n) is 6.60. The molecule has 7 heteroatoms. The van der Waals surface area contributed by atoms with Crippen molar-refractivity contribution in [3.63, 3.8) is 0 Å². The molecule has 0 fully saturated rings. The molecule has 0 saturated heterocycles. The number of methoxy groups -OCH3 is 1. The number of hydrogen-bond donors (Lipinski definition) is 2. The van der Waals surface area contributed by atoms with E-state index >= 15 is 0 Å². The molecule has 0 aliphatic carbocycles. The molecule has 178 valence electrons. The Morgan fingerprint density at radius 1 is 1.34 bits per heavy atom. The fraction of sp³-hybridized carbons (Fsp3) is 0.440. The molecule has 1 heterocycles. The lowest BCUT2D eigenvalue weighted by atomic mass is 9.95. The van der Waals surface area contributed by atoms with Gasteiger partial charge in [-0.2, -0.15) is 0 Å². The van der Waals surface area contributed by atoms with Gasteiger partial charge in [0.1, 0.15) is 0 Å². The van der Waals surface area contributed by atoms with Gasteiger partial charge in [0.15, 0.2) is 0 Å². The largest absolute Gasteiger partial charge is 0.478 e. The van der Waals surface area contributed by atoms with E-state index in [-0.39, 0.29) is 23.1 Å². The average Bonchev–Trinajstić information content (AvgIpc) is 2.79. The van der Waals surface area contributed by atoms with Crippen LogP contribution in [-0.4, -0.2) is 36.5 Å². The predicted molar refractivity (Wildman–Crippen MR) is 138 cm³/mol. The highest BCUT2D eigenvalue weighted by Crippen LogP contribution is 2.33. The van der Waals surface area contributed by atoms with Crippen LogP contribution in [-0.2, 0) is 9.53 Å². The van der Waals surface area contributed by atoms with E-state index in [4.69, 9.17) is 16.3 Å². The lowest BCUT2D eigenvalue weighted by molar-refractivity contribution is -0.112. The summed E-state index contributed by atoms with van der Waals surface area (Å²) in [6.45, 7) is 10.9. The summed E-state index contributed by atoms with van der Waals surface area (Å²) in [6, 6.07) is 4.33. The van der Waals surface area contributed by atoms with Crippen molar-refractivity contribution < 1.29 is 19.4 Å². The van der Waals surface area contributed by atoms with Gasteiger partial charge in [-0.25, -0.2) is 4.79 Å². The lowest BCUT2D eigenvalue weighted by Gasteiger charge is -2.21. The van der Waals surface area contributed by atoms with Gasteiger partial charge < -0.3 is 15.2 Å². The molecule has 0 bridgehead atoms. The van der Waals surface area contributed by atoms with E-state index in [1.54, 1.807) is 7.11 Å². The highest BCUT2D eigenvalue weighted by molar-refractivity contribution is 8.04. The van der Waals surface area contributed by atoms with Gasteiger partial charge in [-0.3, -0.25) is 4.79 Å². The Labute approximate surface area is 202 Å². The zero-order valence-corrected chi connectivity index (χ0v) is 21.5. The average molecular weight is 482 g/mol. The number of halogens is 1. The molecule has 1 aliphatic rings. The zero-order valence-electron chi connectivity index (χ0n) is 19.9. The highest BCUT2D eigenvalue weighted by atomic mass is 35.5. The van der Waals surface area contributed by atoms with Crippen LogP contribution in [0.4, 0.5) is 5.69 Å². The van der Waals surface area contributed by atoms with Gasteiger partial charge >= 0.3 is 5.97 Å². The summed E-state index contributed by atoms with van der Waals surface area (Å²) in [5.74, 6) is -0.281. The second kappa shape index (κ2) is 17.5. The van der Waals surface area contributed by atoms with Gasteiger partial charge in [0.05, 0.1) is 22.8 Å². The molecule has 2 N–H and O–H groups in total. The van der Waals surface area contributed by atoms with Gasteiger partial charge in [-0.15, -0.1) is 11.8 Å². The van der Waals surface area contributed by atoms with E-state index in [0.29, 0.717) is 9.93 Å². The first kappa shape index (κ1) is 30.0. The lowest BCUT2D eigenvalue weighted by Crippen LogP contribution is -2.19. The predicted octanol–water partition coefficient (Wildman–Crippen LogP) is 7.21. The molecule has 0 radical (unpaired) electrons. The number of carboxylic acids is 1. The molecular formula is C25H36ClNO4S. The molecule has 32 heavy (non-hydrogen) atoms. The fourth-order valence-electron chi connectivity index (χ4n) is 2.77. The van der Waals surface area contributed by atoms with E-state index < -0.39 is 5.97 Å². The minimum Gasteiger partial charge on any atom is -0.478 e. The first-order valence-corrected chi connectivity index (χ1v) is 12.2. The van der Waals surface area contributed by atoms with Crippen molar-refractivity contribution in [2.75, 3.05) is 24.8 Å². The topological polar surface area (TPSA) is 75.6 Å². The quantitative estimate of drug-likeness (QED) is 0.402. The number of allylic oxidation sites excluding steroid dienone is 4. The van der Waals surface area contributed by atoms with Crippen molar-refractivity contribution in [1.82, 2.24) is 0 Å². The van der Waals surface area contributed by atoms with Crippen molar-refractivity contribution in [1.29, 1.82) is 0 Å². The molecule has 0 spiro atoms. The summed E-state index contributed by atoms with van der Waals surface area (Å²) in [4.78, 5) is 24.4. The summed E-state index contributed by atoms with van der Waals surface area (Å²) in [7, 11) is 1.68. The van der Waals surface area contributed by atoms with E-state index in [9.17, 15) is 14.7 Å². The molecular weight excluding hydrogens is 446 g/mol. The number of amides is 1. The molecule has 1 aromatic rings. The maximum Gasteiger partial charge on any atom is 0.337 e. The SMILES string of the molecule is C/C=C\COC.CC.CC/C=C(\C)C1C=C(C(=O)Nc2cc(Cl)ccc2C(=O)O)SCC1. The summed E-state index contributed by atoms with van der Waals surface area (Å²) in [5, 5.41) is 12.3. The number of carboxylic acid groups (broad SMARTS) is 1. The summed E-state index contributed by atoms with van der Waals surface area (Å²) < 4.78 is 4.70. The Kier molecular flexibility index (Phi) is 16.4. The van der Waals surface area contributed by atoms with Crippen molar-refractivity contribution in [2.24, 2.45) is 5.92 Å². The molecule has 1 unspecified atom stereocenters. The fourth-order valence-corrected chi connectivity index (χ4v) is 3.97. The molecule has 1 amide bonds. The number of benzene rings is 1. The van der Waals surface area contributed by atoms with Crippen LogP contribution in [0.15, 0.2) is 53.0 Å². The van der Waals surface area contributed by atoms with Crippen LogP contribution < -0.4 is 5.32 Å². The number of carbonyl (C=O) groups is 2. The number of thioether (sulfide) groups is 1. The summed E-state index contributed by atoms with van der Waals surface area (Å²) in [6.07, 6.45) is 10.0. The highest BCUT2D eigenvalue weighted by Gasteiger charge is 2.21. The number of anilines is 1. The summed E-state index contributed by atoms with van der Waals surface area (Å²) in [5.41, 5.74) is 1.49. The Bertz CT molecular complexity index is 818. The maximum atomic E-state index is 12.5. The molecule has 0 saturated carbocycles. The molecule has 2 rings (SSSR count). The van der Waals surface area contributed by atoms with Crippen LogP contribution in [0.3, 0.4) is 0 Å². The number of hydrogen-bond acceptors (Lipinski definition) is 4. The third-order valence-electron chi connectivity index (χ3n) is 4.33. The Balaban J connectivity index is 0.00000104. The van der Waals surface area contributed by atoms with Gasteiger partial charge in [0.25, 0.3) is 5.91 Å². The molecule has 1 aromatic carbocycles. The molecule has 1 aliphatic heterocycles. The van der Waals surface area contributed by atoms with E-state index in [1.165, 1.54) is 35.5 Å². The third-order valence-corrected chi connectivity index (χ3v) is 5.64. The Morgan fingerprint density at radius 3 is 2.56 bits per heavy atom. The summed E-state index contributed by atoms with van der Waals surface area (Å²) >= 11 is 7.41. The van der Waals surface area contributed by atoms with Crippen LogP contribution in [0.1, 0.15) is 57.8 Å². The number of nitrogens with one attached hydrogen (secondary N) is 1. The minimum absolute atomic E-state index is 0.0211. The van der Waals surface area contributed by atoms with E-state index in [0.717, 1.165) is 25.2 Å². The standard InChI is InChI=1S/C18H20ClNO3S.C5H10O.C2H6/c1-3-4-11(2)12-7-8-24-16(9-12)17(21)20-15-10-13(19)5-6-14(15)18(22)23;1-3-4-5-6-2;1-2/h4-6,9-10,12H,3,7-8H2,1-2H3,(H,20,21)(H,22,23);3-4H,5H2,1-2H3;1-2H3/b11-4+;4-3-;. The van der Waals surface area contributed by atoms with E-state index in [1.807, 2.05) is 39.0 Å². The minimum atomic E-state index is -1.10. The van der Waals surface area contributed by atoms with Crippen molar-refractivity contribution in [3.8, 4) is 0 Å². The Hall–Kier alpha value is -2.02. The van der Waals surface area contributed by atoms with Crippen molar-refractivity contribution >= 4 is 40.9 Å². The zero-order chi connectivity index (χ0) is 24.5. The molecule has 0 aromatic heterocycles. The van der Waals surface area contributed by atoms with Crippen LogP contribution in [0.5, 0.6) is 0 Å². The third kappa shape index (κ3) is 11.0. The molecule has 1 atom stereocenters. The maximum absolute atomic E-state index is 12.5. The van der Waals surface area contributed by atoms with Gasteiger partial charge in [-0.05, 0) is 56.6 Å². The number of rotatable bonds is 7. The number of ether oxygens (including phenoxy) is 1. The monoisotopic (exact) mass is 481 g/mol. The van der Waals surface area contributed by atoms with Crippen molar-refractivity contribution in [2.45, 2.75) is 47.5 Å². The van der Waals surface area contributed by atoms with Crippen LogP contribution in [0, 0.1) is 5.92 Å². The second-order valence-corrected chi connectivity index (χ2v) is 8.18. The van der Waals surface area contributed by atoms with E-state index in [2.05, 4.69) is 25.2 Å². The van der Waals surface area contributed by atoms with Crippen LogP contribution >= 0.6 is 23.4 Å². The molecule has 5 nitrogen and oxygen atoms in total. The number of carbonyl (C=O) groups excluding carboxylic acids is 1. The number of aromatic carboxylic acids is 1. The van der Waals surface area contributed by atoms with Gasteiger partial charge in [-0.1, -0.05) is 62.2 Å². The van der Waals surface area contributed by atoms with Crippen molar-refractivity contribution in [3.05, 3.63) is 63.6 Å². The normalized spacial score (nSPS) is 15.7. The smallest absolute Gasteiger partial charge is 0.337 e. The Morgan fingerprint density at radius 2 is 2.03 bits per heavy atom. The van der Waals surface area contributed by atoms with Gasteiger partial charge in [0, 0.05) is 12.1 Å². The first-order chi connectivity index (χ1) is 15.3. The first-order valence-electron chi connectivity index (χ1n) is 10.8.